The fraction of sp³-hybridized carbons (Fsp3) is 0.900. The molecule has 1 fully saturated rings. The van der Waals surface area contributed by atoms with E-state index in [1.807, 2.05) is 11.8 Å². The highest BCUT2D eigenvalue weighted by molar-refractivity contribution is 5.78. The van der Waals surface area contributed by atoms with Gasteiger partial charge in [-0.1, -0.05) is 0 Å². The molecular formula is C10H21N3O3. The van der Waals surface area contributed by atoms with Crippen LogP contribution in [0.3, 0.4) is 0 Å². The van der Waals surface area contributed by atoms with Crippen molar-refractivity contribution in [2.24, 2.45) is 10.7 Å². The van der Waals surface area contributed by atoms with Crippen molar-refractivity contribution < 1.29 is 14.6 Å². The molecule has 3 N–H and O–H groups in total. The Morgan fingerprint density at radius 2 is 2.44 bits per heavy atom. The highest BCUT2D eigenvalue weighted by Gasteiger charge is 2.17. The average molecular weight is 231 g/mol. The van der Waals surface area contributed by atoms with Crippen LogP contribution in [-0.4, -0.2) is 68.1 Å². The standard InChI is InChI=1S/C10H21N3O3/c1-9-8-13(3-6-16-9)10(11)12-2-5-15-7-4-14/h9,14H,2-8H2,1H3,(H2,11,12). The fourth-order valence-electron chi connectivity index (χ4n) is 1.52. The number of hydrogen-bond donors (Lipinski definition) is 2. The molecule has 1 saturated heterocycles. The summed E-state index contributed by atoms with van der Waals surface area (Å²) in [4.78, 5) is 6.23. The molecule has 16 heavy (non-hydrogen) atoms. The molecule has 0 spiro atoms. The van der Waals surface area contributed by atoms with Crippen molar-refractivity contribution in [3.63, 3.8) is 0 Å². The molecule has 0 aromatic rings. The van der Waals surface area contributed by atoms with Gasteiger partial charge in [0.2, 0.25) is 0 Å². The molecule has 94 valence electrons. The first-order valence-electron chi connectivity index (χ1n) is 5.59. The van der Waals surface area contributed by atoms with E-state index in [0.29, 0.717) is 32.3 Å². The number of aliphatic hydroxyl groups excluding tert-OH is 1. The normalized spacial score (nSPS) is 22.5. The molecule has 1 atom stereocenters. The molecule has 1 heterocycles. The number of morpholine rings is 1. The van der Waals surface area contributed by atoms with Crippen LogP contribution < -0.4 is 5.73 Å². The van der Waals surface area contributed by atoms with Gasteiger partial charge in [0.15, 0.2) is 5.96 Å². The fourth-order valence-corrected chi connectivity index (χ4v) is 1.52. The second-order valence-electron chi connectivity index (χ2n) is 3.70. The highest BCUT2D eigenvalue weighted by Crippen LogP contribution is 2.03. The van der Waals surface area contributed by atoms with Gasteiger partial charge in [-0.2, -0.15) is 0 Å². The summed E-state index contributed by atoms with van der Waals surface area (Å²) in [5.74, 6) is 0.544. The van der Waals surface area contributed by atoms with Gasteiger partial charge in [0.1, 0.15) is 0 Å². The van der Waals surface area contributed by atoms with E-state index in [4.69, 9.17) is 20.3 Å². The SMILES string of the molecule is CC1CN(C(N)=NCCOCCO)CCO1. The average Bonchev–Trinajstić information content (AvgIpc) is 2.28. The number of nitrogens with zero attached hydrogens (tertiary/aromatic N) is 2. The van der Waals surface area contributed by atoms with Crippen LogP contribution in [0.15, 0.2) is 4.99 Å². The Bertz CT molecular complexity index is 223. The summed E-state index contributed by atoms with van der Waals surface area (Å²) in [7, 11) is 0. The van der Waals surface area contributed by atoms with Crippen molar-refractivity contribution >= 4 is 5.96 Å². The van der Waals surface area contributed by atoms with Gasteiger partial charge < -0.3 is 25.2 Å². The van der Waals surface area contributed by atoms with Crippen molar-refractivity contribution in [2.75, 3.05) is 46.1 Å². The van der Waals surface area contributed by atoms with E-state index < -0.39 is 0 Å². The van der Waals surface area contributed by atoms with Crippen molar-refractivity contribution in [3.05, 3.63) is 0 Å². The minimum Gasteiger partial charge on any atom is -0.394 e. The van der Waals surface area contributed by atoms with E-state index in [2.05, 4.69) is 4.99 Å². The number of hydrogen-bond acceptors (Lipinski definition) is 4. The molecule has 0 aliphatic carbocycles. The maximum atomic E-state index is 8.50. The van der Waals surface area contributed by atoms with Crippen LogP contribution in [0, 0.1) is 0 Å². The summed E-state index contributed by atoms with van der Waals surface area (Å²) in [5, 5.41) is 8.50. The molecular weight excluding hydrogens is 210 g/mol. The monoisotopic (exact) mass is 231 g/mol. The van der Waals surface area contributed by atoms with E-state index in [-0.39, 0.29) is 12.7 Å². The number of rotatable bonds is 5. The molecule has 1 aliphatic heterocycles. The van der Waals surface area contributed by atoms with Crippen LogP contribution in [0.4, 0.5) is 0 Å². The van der Waals surface area contributed by atoms with Crippen LogP contribution in [0.1, 0.15) is 6.92 Å². The highest BCUT2D eigenvalue weighted by atomic mass is 16.5. The Hall–Kier alpha value is -0.850. The van der Waals surface area contributed by atoms with Gasteiger partial charge in [-0.15, -0.1) is 0 Å². The van der Waals surface area contributed by atoms with Crippen LogP contribution in [0.5, 0.6) is 0 Å². The predicted molar refractivity (Wildman–Crippen MR) is 61.4 cm³/mol. The molecule has 0 saturated carbocycles. The molecule has 6 heteroatoms. The van der Waals surface area contributed by atoms with E-state index in [1.165, 1.54) is 0 Å². The van der Waals surface area contributed by atoms with Crippen molar-refractivity contribution in [1.82, 2.24) is 4.90 Å². The smallest absolute Gasteiger partial charge is 0.191 e. The van der Waals surface area contributed by atoms with Gasteiger partial charge in [0, 0.05) is 13.1 Å². The van der Waals surface area contributed by atoms with Gasteiger partial charge in [-0.25, -0.2) is 0 Å². The van der Waals surface area contributed by atoms with E-state index in [0.717, 1.165) is 13.1 Å². The molecule has 0 radical (unpaired) electrons. The van der Waals surface area contributed by atoms with Gasteiger partial charge >= 0.3 is 0 Å². The lowest BCUT2D eigenvalue weighted by Crippen LogP contribution is -2.48. The quantitative estimate of drug-likeness (QED) is 0.361. The third-order valence-corrected chi connectivity index (χ3v) is 2.31. The van der Waals surface area contributed by atoms with E-state index >= 15 is 0 Å². The maximum Gasteiger partial charge on any atom is 0.191 e. The lowest BCUT2D eigenvalue weighted by atomic mass is 10.3. The van der Waals surface area contributed by atoms with E-state index in [1.54, 1.807) is 0 Å². The van der Waals surface area contributed by atoms with Gasteiger partial charge in [0.25, 0.3) is 0 Å². The van der Waals surface area contributed by atoms with Crippen molar-refractivity contribution in [3.8, 4) is 0 Å². The number of aliphatic hydroxyl groups is 1. The van der Waals surface area contributed by atoms with E-state index in [9.17, 15) is 0 Å². The molecule has 0 bridgehead atoms. The van der Waals surface area contributed by atoms with Gasteiger partial charge in [-0.3, -0.25) is 4.99 Å². The number of aliphatic imine (C=N–C) groups is 1. The third kappa shape index (κ3) is 4.78. The first kappa shape index (κ1) is 13.2. The second kappa shape index (κ2) is 7.43. The molecule has 0 amide bonds. The first-order valence-corrected chi connectivity index (χ1v) is 5.59. The molecule has 0 aromatic carbocycles. The largest absolute Gasteiger partial charge is 0.394 e. The summed E-state index contributed by atoms with van der Waals surface area (Å²) in [6.45, 7) is 5.69. The van der Waals surface area contributed by atoms with Crippen LogP contribution in [0.2, 0.25) is 0 Å². The predicted octanol–water partition coefficient (Wildman–Crippen LogP) is -0.969. The van der Waals surface area contributed by atoms with Crippen molar-refractivity contribution in [1.29, 1.82) is 0 Å². The lowest BCUT2D eigenvalue weighted by molar-refractivity contribution is 0.00523. The molecule has 6 nitrogen and oxygen atoms in total. The van der Waals surface area contributed by atoms with Crippen LogP contribution >= 0.6 is 0 Å². The summed E-state index contributed by atoms with van der Waals surface area (Å²) in [6.07, 6.45) is 0.202. The Morgan fingerprint density at radius 3 is 3.12 bits per heavy atom. The zero-order valence-corrected chi connectivity index (χ0v) is 9.76. The summed E-state index contributed by atoms with van der Waals surface area (Å²) in [6, 6.07) is 0. The van der Waals surface area contributed by atoms with Crippen LogP contribution in [-0.2, 0) is 9.47 Å². The van der Waals surface area contributed by atoms with Crippen LogP contribution in [0.25, 0.3) is 0 Å². The molecule has 1 aliphatic rings. The minimum absolute atomic E-state index is 0.0418. The van der Waals surface area contributed by atoms with Gasteiger partial charge in [-0.05, 0) is 6.92 Å². The maximum absolute atomic E-state index is 8.50. The first-order chi connectivity index (χ1) is 7.74. The zero-order valence-electron chi connectivity index (χ0n) is 9.76. The summed E-state index contributed by atoms with van der Waals surface area (Å²) < 4.78 is 10.5. The van der Waals surface area contributed by atoms with Crippen molar-refractivity contribution in [2.45, 2.75) is 13.0 Å². The molecule has 1 unspecified atom stereocenters. The number of ether oxygens (including phenoxy) is 2. The number of guanidine groups is 1. The summed E-state index contributed by atoms with van der Waals surface area (Å²) in [5.41, 5.74) is 5.84. The minimum atomic E-state index is 0.0418. The topological polar surface area (TPSA) is 80.3 Å². The lowest BCUT2D eigenvalue weighted by Gasteiger charge is -2.31. The Labute approximate surface area is 96.0 Å². The zero-order chi connectivity index (χ0) is 11.8. The van der Waals surface area contributed by atoms with Gasteiger partial charge in [0.05, 0.1) is 39.1 Å². The molecule has 1 rings (SSSR count). The Balaban J connectivity index is 2.21. The Morgan fingerprint density at radius 1 is 1.62 bits per heavy atom. The number of nitrogens with two attached hydrogens (primary N) is 1. The second-order valence-corrected chi connectivity index (χ2v) is 3.70. The summed E-state index contributed by atoms with van der Waals surface area (Å²) >= 11 is 0. The Kier molecular flexibility index (Phi) is 6.14. The molecule has 0 aromatic heterocycles. The third-order valence-electron chi connectivity index (χ3n) is 2.31.